The molecule has 20 heavy (non-hydrogen) atoms. The first-order valence-corrected chi connectivity index (χ1v) is 7.24. The van der Waals surface area contributed by atoms with E-state index in [4.69, 9.17) is 0 Å². The van der Waals surface area contributed by atoms with Crippen molar-refractivity contribution in [1.29, 1.82) is 0 Å². The molecule has 0 saturated heterocycles. The summed E-state index contributed by atoms with van der Waals surface area (Å²) < 4.78 is 1.95. The fraction of sp³-hybridized carbons (Fsp3) is 0.571. The number of nitrogens with one attached hydrogen (secondary N) is 1. The van der Waals surface area contributed by atoms with Crippen molar-refractivity contribution < 1.29 is 0 Å². The summed E-state index contributed by atoms with van der Waals surface area (Å²) in [6.07, 6.45) is 10.2. The molecular formula is C14H20N6. The maximum Gasteiger partial charge on any atom is 0.134 e. The van der Waals surface area contributed by atoms with Gasteiger partial charge in [-0.25, -0.2) is 9.97 Å². The molecule has 0 aliphatic heterocycles. The lowest BCUT2D eigenvalue weighted by molar-refractivity contribution is 0.708. The smallest absolute Gasteiger partial charge is 0.134 e. The van der Waals surface area contributed by atoms with Gasteiger partial charge in [-0.05, 0) is 25.7 Å². The second-order valence-electron chi connectivity index (χ2n) is 5.24. The van der Waals surface area contributed by atoms with Crippen LogP contribution in [0.25, 0.3) is 0 Å². The molecule has 0 spiro atoms. The summed E-state index contributed by atoms with van der Waals surface area (Å²) in [4.78, 5) is 8.84. The summed E-state index contributed by atoms with van der Waals surface area (Å²) in [6, 6.07) is 0. The molecule has 0 amide bonds. The van der Waals surface area contributed by atoms with Gasteiger partial charge in [-0.3, -0.25) is 0 Å². The first kappa shape index (κ1) is 13.0. The third-order valence-corrected chi connectivity index (χ3v) is 3.82. The van der Waals surface area contributed by atoms with Crippen molar-refractivity contribution in [3.63, 3.8) is 0 Å². The Morgan fingerprint density at radius 1 is 1.20 bits per heavy atom. The van der Waals surface area contributed by atoms with Gasteiger partial charge in [-0.2, -0.15) is 0 Å². The van der Waals surface area contributed by atoms with Gasteiger partial charge in [-0.1, -0.05) is 6.42 Å². The minimum absolute atomic E-state index is 0.815. The second-order valence-corrected chi connectivity index (χ2v) is 5.24. The molecule has 1 aliphatic carbocycles. The molecule has 2 aromatic rings. The molecule has 0 saturated carbocycles. The van der Waals surface area contributed by atoms with Gasteiger partial charge in [0.05, 0.1) is 0 Å². The Kier molecular flexibility index (Phi) is 3.90. The van der Waals surface area contributed by atoms with Crippen LogP contribution in [0.15, 0.2) is 12.7 Å². The van der Waals surface area contributed by atoms with Crippen LogP contribution in [-0.2, 0) is 26.3 Å². The number of hydrogen-bond acceptors (Lipinski definition) is 5. The average molecular weight is 272 g/mol. The lowest BCUT2D eigenvalue weighted by Crippen LogP contribution is -2.12. The largest absolute Gasteiger partial charge is 0.369 e. The number of rotatable bonds is 4. The summed E-state index contributed by atoms with van der Waals surface area (Å²) in [5.41, 5.74) is 2.53. The number of fused-ring (bicyclic) bond motifs is 1. The lowest BCUT2D eigenvalue weighted by Gasteiger charge is -2.12. The molecular weight excluding hydrogens is 252 g/mol. The predicted molar refractivity (Wildman–Crippen MR) is 76.5 cm³/mol. The van der Waals surface area contributed by atoms with E-state index in [0.29, 0.717) is 0 Å². The van der Waals surface area contributed by atoms with Gasteiger partial charge in [0.1, 0.15) is 24.3 Å². The highest BCUT2D eigenvalue weighted by atomic mass is 15.2. The molecule has 1 aliphatic rings. The highest BCUT2D eigenvalue weighted by Gasteiger charge is 2.14. The van der Waals surface area contributed by atoms with Crippen LogP contribution in [0.5, 0.6) is 0 Å². The Balaban J connectivity index is 1.67. The van der Waals surface area contributed by atoms with Crippen molar-refractivity contribution in [3.05, 3.63) is 29.7 Å². The third kappa shape index (κ3) is 2.79. The van der Waals surface area contributed by atoms with Gasteiger partial charge in [0, 0.05) is 31.3 Å². The monoisotopic (exact) mass is 272 g/mol. The Hall–Kier alpha value is -1.98. The molecule has 0 unspecified atom stereocenters. The standard InChI is InChI=1S/C14H20N6/c1-20-10-18-19-13(20)7-8-15-14-11-5-3-2-4-6-12(11)16-9-17-14/h9-10H,2-8H2,1H3,(H,15,16,17). The van der Waals surface area contributed by atoms with E-state index in [2.05, 4.69) is 25.5 Å². The summed E-state index contributed by atoms with van der Waals surface area (Å²) >= 11 is 0. The minimum Gasteiger partial charge on any atom is -0.369 e. The summed E-state index contributed by atoms with van der Waals surface area (Å²) in [7, 11) is 1.96. The SMILES string of the molecule is Cn1cnnc1CCNc1ncnc2c1CCCCC2. The van der Waals surface area contributed by atoms with Crippen molar-refractivity contribution in [2.75, 3.05) is 11.9 Å². The van der Waals surface area contributed by atoms with E-state index in [9.17, 15) is 0 Å². The maximum absolute atomic E-state index is 4.43. The van der Waals surface area contributed by atoms with Crippen LogP contribution in [-0.4, -0.2) is 31.3 Å². The van der Waals surface area contributed by atoms with Crippen molar-refractivity contribution in [1.82, 2.24) is 24.7 Å². The number of hydrogen-bond donors (Lipinski definition) is 1. The molecule has 6 nitrogen and oxygen atoms in total. The van der Waals surface area contributed by atoms with Crippen LogP contribution >= 0.6 is 0 Å². The van der Waals surface area contributed by atoms with Gasteiger partial charge in [0.15, 0.2) is 0 Å². The van der Waals surface area contributed by atoms with Gasteiger partial charge in [-0.15, -0.1) is 10.2 Å². The van der Waals surface area contributed by atoms with E-state index in [1.54, 1.807) is 12.7 Å². The Bertz CT molecular complexity index is 577. The summed E-state index contributed by atoms with van der Waals surface area (Å²) in [5, 5.41) is 11.4. The molecule has 3 rings (SSSR count). The minimum atomic E-state index is 0.815. The first-order valence-electron chi connectivity index (χ1n) is 7.24. The highest BCUT2D eigenvalue weighted by molar-refractivity contribution is 5.46. The molecule has 0 aromatic carbocycles. The molecule has 0 fully saturated rings. The van der Waals surface area contributed by atoms with Crippen molar-refractivity contribution in [3.8, 4) is 0 Å². The quantitative estimate of drug-likeness (QED) is 0.855. The molecule has 6 heteroatoms. The van der Waals surface area contributed by atoms with Crippen LogP contribution in [0.1, 0.15) is 36.3 Å². The first-order chi connectivity index (χ1) is 9.84. The second kappa shape index (κ2) is 5.98. The van der Waals surface area contributed by atoms with Crippen LogP contribution in [0.3, 0.4) is 0 Å². The highest BCUT2D eigenvalue weighted by Crippen LogP contribution is 2.23. The van der Waals surface area contributed by atoms with Crippen molar-refractivity contribution in [2.24, 2.45) is 7.05 Å². The van der Waals surface area contributed by atoms with E-state index >= 15 is 0 Å². The van der Waals surface area contributed by atoms with Gasteiger partial charge in [0.25, 0.3) is 0 Å². The maximum atomic E-state index is 4.43. The van der Waals surface area contributed by atoms with Crippen molar-refractivity contribution >= 4 is 5.82 Å². The summed E-state index contributed by atoms with van der Waals surface area (Å²) in [5.74, 6) is 1.98. The van der Waals surface area contributed by atoms with Crippen molar-refractivity contribution in [2.45, 2.75) is 38.5 Å². The molecule has 0 radical (unpaired) electrons. The molecule has 0 atom stereocenters. The number of aromatic nitrogens is 5. The molecule has 1 N–H and O–H groups in total. The Morgan fingerprint density at radius 2 is 2.10 bits per heavy atom. The van der Waals surface area contributed by atoms with Gasteiger partial charge in [0.2, 0.25) is 0 Å². The Morgan fingerprint density at radius 3 is 2.95 bits per heavy atom. The lowest BCUT2D eigenvalue weighted by atomic mass is 10.1. The van der Waals surface area contributed by atoms with E-state index in [1.807, 2.05) is 11.6 Å². The van der Waals surface area contributed by atoms with E-state index in [0.717, 1.165) is 37.4 Å². The van der Waals surface area contributed by atoms with Crippen LogP contribution in [0.2, 0.25) is 0 Å². The number of nitrogens with zero attached hydrogens (tertiary/aromatic N) is 5. The fourth-order valence-electron chi connectivity index (χ4n) is 2.68. The third-order valence-electron chi connectivity index (χ3n) is 3.82. The topological polar surface area (TPSA) is 68.5 Å². The van der Waals surface area contributed by atoms with Crippen LogP contribution in [0, 0.1) is 0 Å². The average Bonchev–Trinajstić information content (AvgIpc) is 2.73. The van der Waals surface area contributed by atoms with E-state index in [1.165, 1.54) is 30.5 Å². The van der Waals surface area contributed by atoms with E-state index < -0.39 is 0 Å². The normalized spacial score (nSPS) is 14.7. The molecule has 106 valence electrons. The van der Waals surface area contributed by atoms with Gasteiger partial charge < -0.3 is 9.88 Å². The van der Waals surface area contributed by atoms with Crippen LogP contribution in [0.4, 0.5) is 5.82 Å². The number of anilines is 1. The zero-order valence-electron chi connectivity index (χ0n) is 11.8. The zero-order chi connectivity index (χ0) is 13.8. The van der Waals surface area contributed by atoms with Crippen LogP contribution < -0.4 is 5.32 Å². The van der Waals surface area contributed by atoms with Gasteiger partial charge >= 0.3 is 0 Å². The molecule has 2 aromatic heterocycles. The van der Waals surface area contributed by atoms with E-state index in [-0.39, 0.29) is 0 Å². The summed E-state index contributed by atoms with van der Waals surface area (Å²) in [6.45, 7) is 0.815. The molecule has 2 heterocycles. The zero-order valence-corrected chi connectivity index (χ0v) is 11.8. The number of aryl methyl sites for hydroxylation is 2. The predicted octanol–water partition coefficient (Wildman–Crippen LogP) is 1.53. The fourth-order valence-corrected chi connectivity index (χ4v) is 2.68. The molecule has 0 bridgehead atoms. The Labute approximate surface area is 118 Å².